The first kappa shape index (κ1) is 22.8. The number of ether oxygens (including phenoxy) is 1. The molecular formula is C28H21ClN2O4S. The van der Waals surface area contributed by atoms with Crippen LogP contribution in [0.25, 0.3) is 16.0 Å². The van der Waals surface area contributed by atoms with Gasteiger partial charge < -0.3 is 9.84 Å². The van der Waals surface area contributed by atoms with Gasteiger partial charge in [-0.05, 0) is 73.0 Å². The third-order valence-corrected chi connectivity index (χ3v) is 7.77. The van der Waals surface area contributed by atoms with Crippen molar-refractivity contribution < 1.29 is 19.4 Å². The summed E-state index contributed by atoms with van der Waals surface area (Å²) in [5.41, 5.74) is 3.82. The predicted molar refractivity (Wildman–Crippen MR) is 141 cm³/mol. The Labute approximate surface area is 216 Å². The maximum atomic E-state index is 13.4. The summed E-state index contributed by atoms with van der Waals surface area (Å²) in [5.74, 6) is -0.982. The number of Topliss-reactive ketones (excluding diaryl/α,β-unsaturated/α-hetero) is 1. The topological polar surface area (TPSA) is 79.7 Å². The quantitative estimate of drug-likeness (QED) is 0.199. The number of ketones is 1. The van der Waals surface area contributed by atoms with Crippen LogP contribution in [0.2, 0.25) is 5.02 Å². The van der Waals surface area contributed by atoms with Crippen molar-refractivity contribution in [1.29, 1.82) is 0 Å². The Hall–Kier alpha value is -3.68. The minimum absolute atomic E-state index is 0.00428. The molecule has 2 aliphatic heterocycles. The fourth-order valence-corrected chi connectivity index (χ4v) is 6.16. The molecule has 1 N–H and O–H groups in total. The van der Waals surface area contributed by atoms with E-state index in [0.717, 1.165) is 27.1 Å². The minimum atomic E-state index is -0.881. The van der Waals surface area contributed by atoms with Crippen molar-refractivity contribution in [2.75, 3.05) is 4.90 Å². The molecule has 0 bridgehead atoms. The molecule has 3 aromatic carbocycles. The van der Waals surface area contributed by atoms with E-state index in [9.17, 15) is 14.7 Å². The molecule has 1 amide bonds. The summed E-state index contributed by atoms with van der Waals surface area (Å²) < 4.78 is 6.68. The predicted octanol–water partition coefficient (Wildman–Crippen LogP) is 6.21. The molecule has 36 heavy (non-hydrogen) atoms. The van der Waals surface area contributed by atoms with E-state index in [0.29, 0.717) is 27.7 Å². The van der Waals surface area contributed by atoms with Crippen molar-refractivity contribution in [3.05, 3.63) is 93.5 Å². The second-order valence-corrected chi connectivity index (χ2v) is 10.6. The van der Waals surface area contributed by atoms with Crippen LogP contribution < -0.4 is 9.64 Å². The number of aryl methyl sites for hydroxylation is 1. The van der Waals surface area contributed by atoms with E-state index in [-0.39, 0.29) is 17.4 Å². The van der Waals surface area contributed by atoms with Crippen LogP contribution in [0.3, 0.4) is 0 Å². The molecule has 0 saturated carbocycles. The standard InChI is InChI=1S/C28H21ClN2O4S/c1-14-6-8-20-22(10-14)36-28(30-20)31-24(16-4-3-5-19(29)13-16)23(26(33)27(31)34)25(32)17-7-9-21-18(12-17)11-15(2)35-21/h3-10,12-13,15,24,32H,11H2,1-2H3/t15-,24-/m0/s1. The molecule has 3 heterocycles. The normalized spacial score (nSPS) is 20.7. The number of thiazole rings is 1. The van der Waals surface area contributed by atoms with Gasteiger partial charge in [-0.2, -0.15) is 0 Å². The first-order chi connectivity index (χ1) is 17.3. The van der Waals surface area contributed by atoms with Crippen LogP contribution in [0.5, 0.6) is 5.75 Å². The smallest absolute Gasteiger partial charge is 0.301 e. The zero-order valence-electron chi connectivity index (χ0n) is 19.5. The third kappa shape index (κ3) is 3.67. The van der Waals surface area contributed by atoms with E-state index in [4.69, 9.17) is 16.3 Å². The van der Waals surface area contributed by atoms with Gasteiger partial charge in [-0.1, -0.05) is 41.1 Å². The molecule has 0 unspecified atom stereocenters. The monoisotopic (exact) mass is 516 g/mol. The molecule has 0 spiro atoms. The number of aliphatic hydroxyl groups excluding tert-OH is 1. The van der Waals surface area contributed by atoms with Crippen LogP contribution in [0.4, 0.5) is 5.13 Å². The molecule has 1 fully saturated rings. The van der Waals surface area contributed by atoms with Crippen molar-refractivity contribution >= 4 is 55.7 Å². The number of hydrogen-bond acceptors (Lipinski definition) is 6. The summed E-state index contributed by atoms with van der Waals surface area (Å²) in [7, 11) is 0. The molecule has 6 rings (SSSR count). The number of anilines is 1. The number of fused-ring (bicyclic) bond motifs is 2. The number of carbonyl (C=O) groups excluding carboxylic acids is 2. The molecule has 4 aromatic rings. The second-order valence-electron chi connectivity index (χ2n) is 9.15. The number of rotatable bonds is 3. The maximum Gasteiger partial charge on any atom is 0.301 e. The van der Waals surface area contributed by atoms with Crippen molar-refractivity contribution in [1.82, 2.24) is 4.98 Å². The minimum Gasteiger partial charge on any atom is -0.507 e. The summed E-state index contributed by atoms with van der Waals surface area (Å²) in [5, 5.41) is 12.3. The number of benzene rings is 3. The average molecular weight is 517 g/mol. The lowest BCUT2D eigenvalue weighted by atomic mass is 9.94. The third-order valence-electron chi connectivity index (χ3n) is 6.52. The second kappa shape index (κ2) is 8.47. The fraction of sp³-hybridized carbons (Fsp3) is 0.179. The van der Waals surface area contributed by atoms with Gasteiger partial charge in [0.2, 0.25) is 0 Å². The molecule has 8 heteroatoms. The Balaban J connectivity index is 1.54. The highest BCUT2D eigenvalue weighted by Gasteiger charge is 2.48. The number of aliphatic hydroxyl groups is 1. The highest BCUT2D eigenvalue weighted by Crippen LogP contribution is 2.45. The van der Waals surface area contributed by atoms with E-state index < -0.39 is 17.7 Å². The molecule has 2 atom stereocenters. The van der Waals surface area contributed by atoms with Crippen molar-refractivity contribution in [2.24, 2.45) is 0 Å². The Bertz CT molecular complexity index is 1610. The summed E-state index contributed by atoms with van der Waals surface area (Å²) in [6.45, 7) is 3.96. The van der Waals surface area contributed by atoms with Crippen molar-refractivity contribution in [2.45, 2.75) is 32.4 Å². The van der Waals surface area contributed by atoms with E-state index >= 15 is 0 Å². The molecule has 2 aliphatic rings. The maximum absolute atomic E-state index is 13.4. The van der Waals surface area contributed by atoms with Crippen LogP contribution >= 0.6 is 22.9 Å². The lowest BCUT2D eigenvalue weighted by Crippen LogP contribution is -2.29. The van der Waals surface area contributed by atoms with Crippen LogP contribution in [-0.2, 0) is 16.0 Å². The van der Waals surface area contributed by atoms with E-state index in [1.54, 1.807) is 36.4 Å². The number of amides is 1. The highest BCUT2D eigenvalue weighted by molar-refractivity contribution is 7.22. The van der Waals surface area contributed by atoms with Crippen LogP contribution in [0.15, 0.2) is 66.2 Å². The summed E-state index contributed by atoms with van der Waals surface area (Å²) >= 11 is 7.63. The zero-order chi connectivity index (χ0) is 25.1. The lowest BCUT2D eigenvalue weighted by molar-refractivity contribution is -0.132. The van der Waals surface area contributed by atoms with Crippen LogP contribution in [-0.4, -0.2) is 27.9 Å². The fourth-order valence-electron chi connectivity index (χ4n) is 4.87. The SMILES string of the molecule is Cc1ccc2nc(N3C(=O)C(=O)C(=C(O)c4ccc5c(c4)C[C@H](C)O5)[C@@H]3c3cccc(Cl)c3)sc2c1. The number of carbonyl (C=O) groups is 2. The van der Waals surface area contributed by atoms with E-state index in [1.807, 2.05) is 38.1 Å². The summed E-state index contributed by atoms with van der Waals surface area (Å²) in [6.07, 6.45) is 0.741. The van der Waals surface area contributed by atoms with Gasteiger partial charge in [-0.3, -0.25) is 14.5 Å². The van der Waals surface area contributed by atoms with Crippen molar-refractivity contribution in [3.8, 4) is 5.75 Å². The molecular weight excluding hydrogens is 496 g/mol. The highest BCUT2D eigenvalue weighted by atomic mass is 35.5. The van der Waals surface area contributed by atoms with Gasteiger partial charge in [-0.25, -0.2) is 4.98 Å². The molecule has 0 radical (unpaired) electrons. The zero-order valence-corrected chi connectivity index (χ0v) is 21.1. The van der Waals surface area contributed by atoms with Gasteiger partial charge in [0.15, 0.2) is 5.13 Å². The Morgan fingerprint density at radius 1 is 1.14 bits per heavy atom. The lowest BCUT2D eigenvalue weighted by Gasteiger charge is -2.23. The Morgan fingerprint density at radius 2 is 1.97 bits per heavy atom. The number of halogens is 1. The Kier molecular flexibility index (Phi) is 5.35. The van der Waals surface area contributed by atoms with Gasteiger partial charge in [0, 0.05) is 17.0 Å². The average Bonchev–Trinajstić information content (AvgIpc) is 3.50. The molecule has 1 saturated heterocycles. The van der Waals surface area contributed by atoms with Gasteiger partial charge in [0.25, 0.3) is 5.78 Å². The van der Waals surface area contributed by atoms with Crippen molar-refractivity contribution in [3.63, 3.8) is 0 Å². The van der Waals surface area contributed by atoms with Gasteiger partial charge in [0.1, 0.15) is 17.6 Å². The largest absolute Gasteiger partial charge is 0.507 e. The molecule has 180 valence electrons. The Morgan fingerprint density at radius 3 is 2.78 bits per heavy atom. The first-order valence-electron chi connectivity index (χ1n) is 11.5. The number of hydrogen-bond donors (Lipinski definition) is 1. The van der Waals surface area contributed by atoms with E-state index in [2.05, 4.69) is 4.98 Å². The number of nitrogens with zero attached hydrogens (tertiary/aromatic N) is 2. The van der Waals surface area contributed by atoms with Gasteiger partial charge in [0.05, 0.1) is 21.8 Å². The van der Waals surface area contributed by atoms with Crippen LogP contribution in [0, 0.1) is 6.92 Å². The summed E-state index contributed by atoms with van der Waals surface area (Å²) in [6, 6.07) is 17.2. The van der Waals surface area contributed by atoms with Gasteiger partial charge in [-0.15, -0.1) is 0 Å². The van der Waals surface area contributed by atoms with Gasteiger partial charge >= 0.3 is 5.91 Å². The van der Waals surface area contributed by atoms with E-state index in [1.165, 1.54) is 16.2 Å². The first-order valence-corrected chi connectivity index (χ1v) is 12.7. The number of aromatic nitrogens is 1. The summed E-state index contributed by atoms with van der Waals surface area (Å²) in [4.78, 5) is 32.9. The molecule has 1 aromatic heterocycles. The van der Waals surface area contributed by atoms with Crippen LogP contribution in [0.1, 0.15) is 35.2 Å². The molecule has 0 aliphatic carbocycles. The molecule has 6 nitrogen and oxygen atoms in total.